The molecule has 0 aliphatic carbocycles. The number of nitrogens with zero attached hydrogens (tertiary/aromatic N) is 5. The molecule has 0 saturated heterocycles. The van der Waals surface area contributed by atoms with Crippen molar-refractivity contribution in [3.05, 3.63) is 12.0 Å². The van der Waals surface area contributed by atoms with E-state index in [9.17, 15) is 0 Å². The number of hydrogen-bond acceptors (Lipinski definition) is 6. The maximum atomic E-state index is 5.43. The lowest BCUT2D eigenvalue weighted by Crippen LogP contribution is -2.10. The van der Waals surface area contributed by atoms with Crippen molar-refractivity contribution >= 4 is 0 Å². The highest BCUT2D eigenvalue weighted by atomic mass is 16.5. The molecule has 0 fully saturated rings. The predicted molar refractivity (Wildman–Crippen MR) is 61.1 cm³/mol. The summed E-state index contributed by atoms with van der Waals surface area (Å²) in [6, 6.07) is 0. The van der Waals surface area contributed by atoms with E-state index in [-0.39, 0.29) is 5.92 Å². The van der Waals surface area contributed by atoms with Gasteiger partial charge in [-0.25, -0.2) is 0 Å². The van der Waals surface area contributed by atoms with Crippen LogP contribution in [-0.2, 0) is 6.54 Å². The molecule has 7 nitrogen and oxygen atoms in total. The first-order valence-corrected chi connectivity index (χ1v) is 5.68. The number of nitrogens with two attached hydrogens (primary N) is 1. The molecule has 1 unspecified atom stereocenters. The molecular weight excluding hydrogens is 220 g/mol. The van der Waals surface area contributed by atoms with Gasteiger partial charge in [-0.1, -0.05) is 24.2 Å². The average molecular weight is 236 g/mol. The summed E-state index contributed by atoms with van der Waals surface area (Å²) in [4.78, 5) is 4.30. The Balaban J connectivity index is 2.18. The van der Waals surface area contributed by atoms with Gasteiger partial charge in [-0.15, -0.1) is 5.10 Å². The van der Waals surface area contributed by atoms with E-state index in [2.05, 4.69) is 34.3 Å². The summed E-state index contributed by atoms with van der Waals surface area (Å²) >= 11 is 0. The first-order chi connectivity index (χ1) is 8.24. The van der Waals surface area contributed by atoms with Gasteiger partial charge in [0.1, 0.15) is 0 Å². The standard InChI is InChI=1S/C10H16N6O/c1-3-7(2)9-12-10(17-14-9)8-6-16(5-4-11)15-13-8/h6-7H,3-5,11H2,1-2H3. The molecule has 92 valence electrons. The van der Waals surface area contributed by atoms with Crippen LogP contribution in [0.25, 0.3) is 11.6 Å². The highest BCUT2D eigenvalue weighted by molar-refractivity contribution is 5.43. The van der Waals surface area contributed by atoms with Crippen LogP contribution >= 0.6 is 0 Å². The van der Waals surface area contributed by atoms with Crippen molar-refractivity contribution in [3.8, 4) is 11.6 Å². The molecule has 0 bridgehead atoms. The van der Waals surface area contributed by atoms with E-state index in [0.717, 1.165) is 6.42 Å². The van der Waals surface area contributed by atoms with Crippen LogP contribution in [0, 0.1) is 0 Å². The summed E-state index contributed by atoms with van der Waals surface area (Å²) in [5.74, 6) is 1.39. The van der Waals surface area contributed by atoms with Crippen LogP contribution in [0.3, 0.4) is 0 Å². The second kappa shape index (κ2) is 5.05. The maximum absolute atomic E-state index is 5.43. The molecule has 2 aromatic rings. The Morgan fingerprint density at radius 2 is 2.35 bits per heavy atom. The van der Waals surface area contributed by atoms with Crippen LogP contribution in [-0.4, -0.2) is 31.7 Å². The van der Waals surface area contributed by atoms with Crippen LogP contribution in [0.5, 0.6) is 0 Å². The molecule has 0 radical (unpaired) electrons. The molecule has 0 aromatic carbocycles. The van der Waals surface area contributed by atoms with E-state index in [1.54, 1.807) is 10.9 Å². The molecule has 0 aliphatic rings. The first-order valence-electron chi connectivity index (χ1n) is 5.68. The number of rotatable bonds is 5. The molecule has 17 heavy (non-hydrogen) atoms. The van der Waals surface area contributed by atoms with Gasteiger partial charge < -0.3 is 10.3 Å². The third-order valence-electron chi connectivity index (χ3n) is 2.61. The van der Waals surface area contributed by atoms with Gasteiger partial charge in [-0.2, -0.15) is 4.98 Å². The quantitative estimate of drug-likeness (QED) is 0.824. The SMILES string of the molecule is CCC(C)c1noc(-c2cn(CCN)nn2)n1. The minimum Gasteiger partial charge on any atom is -0.332 e. The molecule has 2 aromatic heterocycles. The van der Waals surface area contributed by atoms with E-state index in [4.69, 9.17) is 10.3 Å². The minimum absolute atomic E-state index is 0.284. The predicted octanol–water partition coefficient (Wildman–Crippen LogP) is 0.800. The zero-order valence-electron chi connectivity index (χ0n) is 10.00. The summed E-state index contributed by atoms with van der Waals surface area (Å²) in [6.45, 7) is 5.28. The van der Waals surface area contributed by atoms with E-state index in [1.807, 2.05) is 0 Å². The summed E-state index contributed by atoms with van der Waals surface area (Å²) in [7, 11) is 0. The molecule has 2 N–H and O–H groups in total. The summed E-state index contributed by atoms with van der Waals surface area (Å²) in [6.07, 6.45) is 2.72. The minimum atomic E-state index is 0.284. The number of aromatic nitrogens is 5. The molecule has 0 spiro atoms. The van der Waals surface area contributed by atoms with Crippen LogP contribution < -0.4 is 5.73 Å². The second-order valence-corrected chi connectivity index (χ2v) is 3.92. The van der Waals surface area contributed by atoms with E-state index < -0.39 is 0 Å². The largest absolute Gasteiger partial charge is 0.332 e. The van der Waals surface area contributed by atoms with Crippen molar-refractivity contribution in [1.82, 2.24) is 25.1 Å². The van der Waals surface area contributed by atoms with Crippen molar-refractivity contribution < 1.29 is 4.52 Å². The van der Waals surface area contributed by atoms with Crippen molar-refractivity contribution in [2.24, 2.45) is 5.73 Å². The van der Waals surface area contributed by atoms with Crippen molar-refractivity contribution in [1.29, 1.82) is 0 Å². The summed E-state index contributed by atoms with van der Waals surface area (Å²) in [5, 5.41) is 11.8. The van der Waals surface area contributed by atoms with E-state index in [0.29, 0.717) is 30.5 Å². The first kappa shape index (κ1) is 11.7. The molecule has 2 heterocycles. The molecule has 1 atom stereocenters. The van der Waals surface area contributed by atoms with Gasteiger partial charge in [0.05, 0.1) is 12.7 Å². The Hall–Kier alpha value is -1.76. The van der Waals surface area contributed by atoms with Gasteiger partial charge in [-0.3, -0.25) is 4.68 Å². The Morgan fingerprint density at radius 1 is 1.53 bits per heavy atom. The fourth-order valence-corrected chi connectivity index (χ4v) is 1.36. The summed E-state index contributed by atoms with van der Waals surface area (Å²) in [5.41, 5.74) is 6.01. The Morgan fingerprint density at radius 3 is 3.06 bits per heavy atom. The van der Waals surface area contributed by atoms with Crippen LogP contribution in [0.15, 0.2) is 10.7 Å². The topological polar surface area (TPSA) is 95.7 Å². The molecule has 0 aliphatic heterocycles. The van der Waals surface area contributed by atoms with Gasteiger partial charge in [0.15, 0.2) is 11.5 Å². The van der Waals surface area contributed by atoms with Crippen LogP contribution in [0.4, 0.5) is 0 Å². The molecule has 0 saturated carbocycles. The number of hydrogen-bond donors (Lipinski definition) is 1. The molecule has 2 rings (SSSR count). The Labute approximate surface area is 99.0 Å². The Bertz CT molecular complexity index is 477. The van der Waals surface area contributed by atoms with Gasteiger partial charge in [0.2, 0.25) is 0 Å². The van der Waals surface area contributed by atoms with E-state index in [1.165, 1.54) is 0 Å². The fourth-order valence-electron chi connectivity index (χ4n) is 1.36. The van der Waals surface area contributed by atoms with Gasteiger partial charge in [-0.05, 0) is 6.42 Å². The monoisotopic (exact) mass is 236 g/mol. The fraction of sp³-hybridized carbons (Fsp3) is 0.600. The molecule has 0 amide bonds. The van der Waals surface area contributed by atoms with Crippen molar-refractivity contribution in [2.45, 2.75) is 32.7 Å². The van der Waals surface area contributed by atoms with E-state index >= 15 is 0 Å². The molecule has 7 heteroatoms. The zero-order chi connectivity index (χ0) is 12.3. The second-order valence-electron chi connectivity index (χ2n) is 3.92. The summed E-state index contributed by atoms with van der Waals surface area (Å²) < 4.78 is 6.81. The highest BCUT2D eigenvalue weighted by Gasteiger charge is 2.15. The maximum Gasteiger partial charge on any atom is 0.280 e. The van der Waals surface area contributed by atoms with Crippen LogP contribution in [0.2, 0.25) is 0 Å². The van der Waals surface area contributed by atoms with Crippen molar-refractivity contribution in [2.75, 3.05) is 6.54 Å². The lowest BCUT2D eigenvalue weighted by molar-refractivity contribution is 0.415. The van der Waals surface area contributed by atoms with Gasteiger partial charge >= 0.3 is 0 Å². The van der Waals surface area contributed by atoms with Crippen molar-refractivity contribution in [3.63, 3.8) is 0 Å². The molecular formula is C10H16N6O. The zero-order valence-corrected chi connectivity index (χ0v) is 10.00. The van der Waals surface area contributed by atoms with Gasteiger partial charge in [0.25, 0.3) is 5.89 Å². The average Bonchev–Trinajstić information content (AvgIpc) is 2.96. The lowest BCUT2D eigenvalue weighted by Gasteiger charge is -1.98. The third kappa shape index (κ3) is 2.50. The highest BCUT2D eigenvalue weighted by Crippen LogP contribution is 2.19. The Kier molecular flexibility index (Phi) is 3.48. The normalized spacial score (nSPS) is 12.9. The van der Waals surface area contributed by atoms with Crippen LogP contribution in [0.1, 0.15) is 32.0 Å². The smallest absolute Gasteiger partial charge is 0.280 e. The third-order valence-corrected chi connectivity index (χ3v) is 2.61. The lowest BCUT2D eigenvalue weighted by atomic mass is 10.1. The van der Waals surface area contributed by atoms with Gasteiger partial charge in [0, 0.05) is 12.5 Å².